The summed E-state index contributed by atoms with van der Waals surface area (Å²) in [6.07, 6.45) is 1.87. The predicted octanol–water partition coefficient (Wildman–Crippen LogP) is 5.78. The molecule has 0 spiro atoms. The van der Waals surface area contributed by atoms with Crippen LogP contribution in [0.5, 0.6) is 0 Å². The van der Waals surface area contributed by atoms with Gasteiger partial charge in [-0.15, -0.1) is 0 Å². The third-order valence-corrected chi connectivity index (χ3v) is 3.89. The van der Waals surface area contributed by atoms with Crippen LogP contribution in [0.15, 0.2) is 71.5 Å². The van der Waals surface area contributed by atoms with Gasteiger partial charge in [0.1, 0.15) is 5.82 Å². The summed E-state index contributed by atoms with van der Waals surface area (Å²) >= 11 is 0. The second kappa shape index (κ2) is 7.73. The van der Waals surface area contributed by atoms with Crippen LogP contribution in [0.1, 0.15) is 30.5 Å². The molecule has 0 radical (unpaired) electrons. The first-order chi connectivity index (χ1) is 11.4. The van der Waals surface area contributed by atoms with E-state index in [0.29, 0.717) is 22.7 Å². The molecule has 3 heteroatoms. The molecular formula is C21H23FN2. The minimum atomic E-state index is -0.260. The van der Waals surface area contributed by atoms with E-state index < -0.39 is 0 Å². The number of nitrogens with one attached hydrogen (secondary N) is 1. The van der Waals surface area contributed by atoms with E-state index in [9.17, 15) is 4.39 Å². The summed E-state index contributed by atoms with van der Waals surface area (Å²) < 4.78 is 14.1. The Morgan fingerprint density at radius 1 is 1.08 bits per heavy atom. The molecule has 2 aromatic carbocycles. The number of aryl methyl sites for hydroxylation is 2. The first-order valence-electron chi connectivity index (χ1n) is 7.93. The fourth-order valence-electron chi connectivity index (χ4n) is 2.57. The molecule has 0 aliphatic heterocycles. The van der Waals surface area contributed by atoms with Crippen molar-refractivity contribution in [3.05, 3.63) is 89.0 Å². The zero-order valence-electron chi connectivity index (χ0n) is 14.7. The molecule has 0 amide bonds. The van der Waals surface area contributed by atoms with Crippen LogP contribution in [0.3, 0.4) is 0 Å². The van der Waals surface area contributed by atoms with Crippen LogP contribution in [0.2, 0.25) is 0 Å². The molecule has 0 aliphatic rings. The lowest BCUT2D eigenvalue weighted by molar-refractivity contribution is 0.624. The van der Waals surface area contributed by atoms with Crippen LogP contribution >= 0.6 is 0 Å². The maximum Gasteiger partial charge on any atom is 0.132 e. The van der Waals surface area contributed by atoms with E-state index >= 15 is 0 Å². The summed E-state index contributed by atoms with van der Waals surface area (Å²) in [5, 5.41) is 3.28. The van der Waals surface area contributed by atoms with Gasteiger partial charge in [-0.3, -0.25) is 4.99 Å². The summed E-state index contributed by atoms with van der Waals surface area (Å²) in [6, 6.07) is 13.0. The summed E-state index contributed by atoms with van der Waals surface area (Å²) in [6.45, 7) is 11.7. The van der Waals surface area contributed by atoms with Crippen LogP contribution in [0, 0.1) is 19.7 Å². The van der Waals surface area contributed by atoms with Gasteiger partial charge in [-0.05, 0) is 51.0 Å². The molecule has 0 unspecified atom stereocenters. The molecule has 2 nitrogen and oxygen atoms in total. The molecule has 0 fully saturated rings. The molecular weight excluding hydrogens is 299 g/mol. The van der Waals surface area contributed by atoms with Gasteiger partial charge >= 0.3 is 0 Å². The summed E-state index contributed by atoms with van der Waals surface area (Å²) in [5.74, 6) is -0.260. The second-order valence-electron chi connectivity index (χ2n) is 5.72. The van der Waals surface area contributed by atoms with Crippen molar-refractivity contribution in [3.63, 3.8) is 0 Å². The quantitative estimate of drug-likeness (QED) is 0.547. The van der Waals surface area contributed by atoms with Gasteiger partial charge in [0.15, 0.2) is 0 Å². The third kappa shape index (κ3) is 3.99. The number of allylic oxidation sites excluding steroid dienone is 1. The highest BCUT2D eigenvalue weighted by Crippen LogP contribution is 2.21. The fraction of sp³-hybridized carbons (Fsp3) is 0.190. The predicted molar refractivity (Wildman–Crippen MR) is 101 cm³/mol. The molecule has 0 heterocycles. The van der Waals surface area contributed by atoms with Crippen molar-refractivity contribution in [1.29, 1.82) is 0 Å². The number of aliphatic imine (C=N–C) groups is 1. The first kappa shape index (κ1) is 17.7. The van der Waals surface area contributed by atoms with E-state index in [-0.39, 0.29) is 5.82 Å². The highest BCUT2D eigenvalue weighted by molar-refractivity contribution is 6.01. The Kier molecular flexibility index (Phi) is 5.69. The Balaban J connectivity index is 2.29. The SMILES string of the molecule is C=C(Nc1ccccc1C)/C(=C/C)N=C(C)c1c(C)cccc1F. The number of benzene rings is 2. The summed E-state index contributed by atoms with van der Waals surface area (Å²) in [4.78, 5) is 4.59. The monoisotopic (exact) mass is 322 g/mol. The maximum absolute atomic E-state index is 14.1. The number of nitrogens with zero attached hydrogens (tertiary/aromatic N) is 1. The molecule has 0 saturated carbocycles. The standard InChI is InChI=1S/C21H23FN2/c1-6-19(16(4)23-20-13-8-7-10-14(20)2)24-17(5)21-15(3)11-9-12-18(21)22/h6-13,23H,4H2,1-3,5H3/b19-6-,24-17?. The van der Waals surface area contributed by atoms with Gasteiger partial charge in [0.25, 0.3) is 0 Å². The molecule has 124 valence electrons. The zero-order valence-corrected chi connectivity index (χ0v) is 14.7. The lowest BCUT2D eigenvalue weighted by atomic mass is 10.0. The molecule has 0 bridgehead atoms. The van der Waals surface area contributed by atoms with Crippen LogP contribution in [-0.2, 0) is 0 Å². The Hall–Kier alpha value is -2.68. The van der Waals surface area contributed by atoms with Gasteiger partial charge in [-0.25, -0.2) is 4.39 Å². The number of hydrogen-bond donors (Lipinski definition) is 1. The van der Waals surface area contributed by atoms with Crippen LogP contribution in [-0.4, -0.2) is 5.71 Å². The molecule has 0 aliphatic carbocycles. The average molecular weight is 322 g/mol. The molecule has 0 saturated heterocycles. The van der Waals surface area contributed by atoms with Crippen LogP contribution < -0.4 is 5.32 Å². The van der Waals surface area contributed by atoms with Gasteiger partial charge in [0, 0.05) is 17.0 Å². The van der Waals surface area contributed by atoms with Crippen molar-refractivity contribution >= 4 is 11.4 Å². The van der Waals surface area contributed by atoms with E-state index in [4.69, 9.17) is 0 Å². The minimum Gasteiger partial charge on any atom is -0.354 e. The molecule has 24 heavy (non-hydrogen) atoms. The lowest BCUT2D eigenvalue weighted by Gasteiger charge is -2.14. The highest BCUT2D eigenvalue weighted by Gasteiger charge is 2.10. The zero-order chi connectivity index (χ0) is 17.7. The molecule has 2 rings (SSSR count). The van der Waals surface area contributed by atoms with Crippen molar-refractivity contribution in [2.45, 2.75) is 27.7 Å². The number of anilines is 1. The Labute approximate surface area is 143 Å². The van der Waals surface area contributed by atoms with Crippen molar-refractivity contribution in [2.24, 2.45) is 4.99 Å². The first-order valence-corrected chi connectivity index (χ1v) is 7.93. The lowest BCUT2D eigenvalue weighted by Crippen LogP contribution is -2.06. The smallest absolute Gasteiger partial charge is 0.132 e. The fourth-order valence-corrected chi connectivity index (χ4v) is 2.57. The van der Waals surface area contributed by atoms with Gasteiger partial charge in [-0.1, -0.05) is 43.0 Å². The highest BCUT2D eigenvalue weighted by atomic mass is 19.1. The number of hydrogen-bond acceptors (Lipinski definition) is 2. The Morgan fingerprint density at radius 2 is 1.75 bits per heavy atom. The van der Waals surface area contributed by atoms with Crippen LogP contribution in [0.4, 0.5) is 10.1 Å². The van der Waals surface area contributed by atoms with Crippen molar-refractivity contribution in [1.82, 2.24) is 0 Å². The van der Waals surface area contributed by atoms with Crippen molar-refractivity contribution in [2.75, 3.05) is 5.32 Å². The van der Waals surface area contributed by atoms with Crippen molar-refractivity contribution < 1.29 is 4.39 Å². The topological polar surface area (TPSA) is 24.4 Å². The third-order valence-electron chi connectivity index (χ3n) is 3.89. The molecule has 2 aromatic rings. The number of rotatable bonds is 5. The normalized spacial score (nSPS) is 12.2. The summed E-state index contributed by atoms with van der Waals surface area (Å²) in [5.41, 5.74) is 5.52. The number of halogens is 1. The second-order valence-corrected chi connectivity index (χ2v) is 5.72. The van der Waals surface area contributed by atoms with Crippen LogP contribution in [0.25, 0.3) is 0 Å². The Morgan fingerprint density at radius 3 is 2.38 bits per heavy atom. The van der Waals surface area contributed by atoms with Gasteiger partial charge in [0.2, 0.25) is 0 Å². The van der Waals surface area contributed by atoms with E-state index in [1.807, 2.05) is 64.1 Å². The van der Waals surface area contributed by atoms with Gasteiger partial charge < -0.3 is 5.32 Å². The van der Waals surface area contributed by atoms with E-state index in [0.717, 1.165) is 16.8 Å². The minimum absolute atomic E-state index is 0.260. The average Bonchev–Trinajstić information content (AvgIpc) is 2.54. The summed E-state index contributed by atoms with van der Waals surface area (Å²) in [7, 11) is 0. The molecule has 0 atom stereocenters. The van der Waals surface area contributed by atoms with Crippen molar-refractivity contribution in [3.8, 4) is 0 Å². The number of para-hydroxylation sites is 1. The van der Waals surface area contributed by atoms with E-state index in [2.05, 4.69) is 16.9 Å². The Bertz CT molecular complexity index is 796. The van der Waals surface area contributed by atoms with Gasteiger partial charge in [-0.2, -0.15) is 0 Å². The molecule has 0 aromatic heterocycles. The van der Waals surface area contributed by atoms with E-state index in [1.54, 1.807) is 6.07 Å². The van der Waals surface area contributed by atoms with E-state index in [1.165, 1.54) is 6.07 Å². The molecule has 1 N–H and O–H groups in total. The largest absolute Gasteiger partial charge is 0.354 e. The van der Waals surface area contributed by atoms with Gasteiger partial charge in [0.05, 0.1) is 11.4 Å². The maximum atomic E-state index is 14.1.